The zero-order valence-corrected chi connectivity index (χ0v) is 13.0. The summed E-state index contributed by atoms with van der Waals surface area (Å²) in [7, 11) is 0. The van der Waals surface area contributed by atoms with E-state index in [1.807, 2.05) is 24.3 Å². The molecule has 2 aromatic carbocycles. The van der Waals surface area contributed by atoms with E-state index in [2.05, 4.69) is 17.6 Å². The number of carbonyl (C=O) groups excluding carboxylic acids is 1. The predicted octanol–water partition coefficient (Wildman–Crippen LogP) is 4.63. The average molecular weight is 318 g/mol. The van der Waals surface area contributed by atoms with E-state index in [1.165, 1.54) is 11.6 Å². The summed E-state index contributed by atoms with van der Waals surface area (Å²) < 4.78 is 26.9. The molecule has 0 fully saturated rings. The number of amides is 2. The number of halogens is 2. The molecule has 0 aliphatic rings. The molecule has 0 heterocycles. The normalized spacial score (nSPS) is 10.4. The van der Waals surface area contributed by atoms with Gasteiger partial charge in [-0.05, 0) is 42.7 Å². The topological polar surface area (TPSA) is 41.1 Å². The molecule has 0 bridgehead atoms. The minimum atomic E-state index is -0.675. The molecule has 0 aliphatic heterocycles. The van der Waals surface area contributed by atoms with E-state index in [4.69, 9.17) is 0 Å². The number of unbranched alkanes of at least 4 members (excludes halogenated alkanes) is 1. The van der Waals surface area contributed by atoms with Gasteiger partial charge in [-0.25, -0.2) is 13.6 Å². The molecular weight excluding hydrogens is 298 g/mol. The lowest BCUT2D eigenvalue weighted by molar-refractivity contribution is 0.251. The van der Waals surface area contributed by atoms with E-state index < -0.39 is 17.7 Å². The molecule has 0 aromatic heterocycles. The second-order valence-electron chi connectivity index (χ2n) is 5.31. The van der Waals surface area contributed by atoms with Gasteiger partial charge in [0.15, 0.2) is 0 Å². The van der Waals surface area contributed by atoms with Crippen molar-refractivity contribution in [3.63, 3.8) is 0 Å². The molecule has 122 valence electrons. The van der Waals surface area contributed by atoms with Crippen LogP contribution in [-0.4, -0.2) is 6.03 Å². The van der Waals surface area contributed by atoms with Crippen molar-refractivity contribution in [3.8, 4) is 0 Å². The molecule has 0 saturated heterocycles. The van der Waals surface area contributed by atoms with Crippen LogP contribution in [0, 0.1) is 11.6 Å². The van der Waals surface area contributed by atoms with E-state index in [0.29, 0.717) is 5.69 Å². The van der Waals surface area contributed by atoms with Crippen LogP contribution in [0.15, 0.2) is 42.5 Å². The van der Waals surface area contributed by atoms with Gasteiger partial charge in [-0.15, -0.1) is 0 Å². The third-order valence-electron chi connectivity index (χ3n) is 3.52. The van der Waals surface area contributed by atoms with Gasteiger partial charge in [-0.3, -0.25) is 0 Å². The van der Waals surface area contributed by atoms with E-state index in [-0.39, 0.29) is 12.1 Å². The summed E-state index contributed by atoms with van der Waals surface area (Å²) in [6.45, 7) is 1.93. The summed E-state index contributed by atoms with van der Waals surface area (Å²) in [6, 6.07) is 10.6. The molecule has 0 atom stereocenters. The molecule has 2 amide bonds. The Morgan fingerprint density at radius 2 is 1.70 bits per heavy atom. The Hall–Kier alpha value is -2.43. The van der Waals surface area contributed by atoms with Crippen molar-refractivity contribution in [1.82, 2.24) is 5.32 Å². The Labute approximate surface area is 134 Å². The van der Waals surface area contributed by atoms with Gasteiger partial charge in [0, 0.05) is 11.3 Å². The molecule has 2 aromatic rings. The lowest BCUT2D eigenvalue weighted by Crippen LogP contribution is -2.28. The molecule has 0 spiro atoms. The Bertz CT molecular complexity index is 636. The number of benzene rings is 2. The molecule has 2 N–H and O–H groups in total. The Morgan fingerprint density at radius 1 is 1.04 bits per heavy atom. The summed E-state index contributed by atoms with van der Waals surface area (Å²) in [6.07, 6.45) is 3.27. The quantitative estimate of drug-likeness (QED) is 0.801. The number of rotatable bonds is 6. The van der Waals surface area contributed by atoms with Crippen LogP contribution in [-0.2, 0) is 13.0 Å². The van der Waals surface area contributed by atoms with Crippen molar-refractivity contribution < 1.29 is 13.6 Å². The Kier molecular flexibility index (Phi) is 6.09. The second-order valence-corrected chi connectivity index (χ2v) is 5.31. The highest BCUT2D eigenvalue weighted by Crippen LogP contribution is 2.13. The van der Waals surface area contributed by atoms with Gasteiger partial charge >= 0.3 is 6.03 Å². The van der Waals surface area contributed by atoms with Crippen LogP contribution in [0.4, 0.5) is 19.3 Å². The molecule has 3 nitrogen and oxygen atoms in total. The summed E-state index contributed by atoms with van der Waals surface area (Å²) in [5.74, 6) is -1.35. The summed E-state index contributed by atoms with van der Waals surface area (Å²) in [5.41, 5.74) is 1.69. The van der Waals surface area contributed by atoms with Crippen LogP contribution in [0.1, 0.15) is 30.9 Å². The lowest BCUT2D eigenvalue weighted by Gasteiger charge is -2.09. The highest BCUT2D eigenvalue weighted by Gasteiger charge is 2.09. The van der Waals surface area contributed by atoms with Gasteiger partial charge in [0.05, 0.1) is 6.54 Å². The second kappa shape index (κ2) is 8.27. The maximum Gasteiger partial charge on any atom is 0.319 e. The fourth-order valence-electron chi connectivity index (χ4n) is 2.18. The van der Waals surface area contributed by atoms with Crippen LogP contribution in [0.3, 0.4) is 0 Å². The van der Waals surface area contributed by atoms with Gasteiger partial charge in [-0.1, -0.05) is 31.5 Å². The third kappa shape index (κ3) is 5.06. The van der Waals surface area contributed by atoms with Gasteiger partial charge in [0.2, 0.25) is 0 Å². The van der Waals surface area contributed by atoms with E-state index in [9.17, 15) is 13.6 Å². The minimum Gasteiger partial charge on any atom is -0.334 e. The summed E-state index contributed by atoms with van der Waals surface area (Å²) >= 11 is 0. The lowest BCUT2D eigenvalue weighted by atomic mass is 10.1. The molecule has 0 aliphatic carbocycles. The number of aryl methyl sites for hydroxylation is 1. The fraction of sp³-hybridized carbons (Fsp3) is 0.278. The highest BCUT2D eigenvalue weighted by atomic mass is 19.1. The van der Waals surface area contributed by atoms with Crippen LogP contribution in [0.25, 0.3) is 0 Å². The first-order chi connectivity index (χ1) is 11.1. The number of hydrogen-bond donors (Lipinski definition) is 2. The van der Waals surface area contributed by atoms with Crippen LogP contribution in [0.5, 0.6) is 0 Å². The summed E-state index contributed by atoms with van der Waals surface area (Å²) in [4.78, 5) is 11.8. The number of carbonyl (C=O) groups is 1. The Morgan fingerprint density at radius 3 is 2.30 bits per heavy atom. The van der Waals surface area contributed by atoms with Crippen LogP contribution >= 0.6 is 0 Å². The van der Waals surface area contributed by atoms with Crippen molar-refractivity contribution in [1.29, 1.82) is 0 Å². The van der Waals surface area contributed by atoms with Gasteiger partial charge in [0.1, 0.15) is 11.6 Å². The SMILES string of the molecule is CCCCc1ccc(NC(=O)NCc2c(F)cccc2F)cc1. The van der Waals surface area contributed by atoms with Crippen molar-refractivity contribution >= 4 is 11.7 Å². The van der Waals surface area contributed by atoms with Crippen LogP contribution < -0.4 is 10.6 Å². The average Bonchev–Trinajstić information content (AvgIpc) is 2.54. The first-order valence-electron chi connectivity index (χ1n) is 7.67. The molecule has 5 heteroatoms. The first kappa shape index (κ1) is 16.9. The van der Waals surface area contributed by atoms with Gasteiger partial charge < -0.3 is 10.6 Å². The van der Waals surface area contributed by atoms with Gasteiger partial charge in [0.25, 0.3) is 0 Å². The van der Waals surface area contributed by atoms with Crippen molar-refractivity contribution in [3.05, 3.63) is 65.2 Å². The third-order valence-corrected chi connectivity index (χ3v) is 3.52. The molecule has 2 rings (SSSR count). The largest absolute Gasteiger partial charge is 0.334 e. The predicted molar refractivity (Wildman–Crippen MR) is 87.3 cm³/mol. The summed E-state index contributed by atoms with van der Waals surface area (Å²) in [5, 5.41) is 5.09. The number of anilines is 1. The molecular formula is C18H20F2N2O. The molecule has 0 saturated carbocycles. The number of urea groups is 1. The van der Waals surface area contributed by atoms with E-state index in [1.54, 1.807) is 0 Å². The van der Waals surface area contributed by atoms with Crippen molar-refractivity contribution in [2.75, 3.05) is 5.32 Å². The maximum absolute atomic E-state index is 13.5. The number of nitrogens with one attached hydrogen (secondary N) is 2. The zero-order chi connectivity index (χ0) is 16.7. The Balaban J connectivity index is 1.87. The molecule has 0 radical (unpaired) electrons. The standard InChI is InChI=1S/C18H20F2N2O/c1-2-3-5-13-8-10-14(11-9-13)22-18(23)21-12-15-16(19)6-4-7-17(15)20/h4,6-11H,2-3,5,12H2,1H3,(H2,21,22,23). The molecule has 23 heavy (non-hydrogen) atoms. The smallest absolute Gasteiger partial charge is 0.319 e. The fourth-order valence-corrected chi connectivity index (χ4v) is 2.18. The molecule has 0 unspecified atom stereocenters. The monoisotopic (exact) mass is 318 g/mol. The van der Waals surface area contributed by atoms with E-state index >= 15 is 0 Å². The van der Waals surface area contributed by atoms with Gasteiger partial charge in [-0.2, -0.15) is 0 Å². The van der Waals surface area contributed by atoms with E-state index in [0.717, 1.165) is 31.4 Å². The van der Waals surface area contributed by atoms with Crippen LogP contribution in [0.2, 0.25) is 0 Å². The minimum absolute atomic E-state index is 0.155. The van der Waals surface area contributed by atoms with Crippen molar-refractivity contribution in [2.24, 2.45) is 0 Å². The zero-order valence-electron chi connectivity index (χ0n) is 13.0. The highest BCUT2D eigenvalue weighted by molar-refractivity contribution is 5.89. The first-order valence-corrected chi connectivity index (χ1v) is 7.67. The maximum atomic E-state index is 13.5. The number of hydrogen-bond acceptors (Lipinski definition) is 1. The van der Waals surface area contributed by atoms with Crippen molar-refractivity contribution in [2.45, 2.75) is 32.7 Å².